The highest BCUT2D eigenvalue weighted by Gasteiger charge is 2.23. The number of ether oxygens (including phenoxy) is 1. The van der Waals surface area contributed by atoms with Crippen LogP contribution >= 0.6 is 0 Å². The molecule has 4 heterocycles. The smallest absolute Gasteiger partial charge is 0.326 e. The summed E-state index contributed by atoms with van der Waals surface area (Å²) in [6.07, 6.45) is 7.57. The molecular formula is C28H34F2N6O3. The van der Waals surface area contributed by atoms with Crippen molar-refractivity contribution >= 4 is 28.5 Å². The summed E-state index contributed by atoms with van der Waals surface area (Å²) < 4.78 is 33.4. The molecule has 0 unspecified atom stereocenters. The number of carboxylic acid groups (broad SMARTS) is 1. The van der Waals surface area contributed by atoms with Crippen LogP contribution in [0.4, 0.5) is 20.4 Å². The van der Waals surface area contributed by atoms with E-state index in [-0.39, 0.29) is 35.9 Å². The second kappa shape index (κ2) is 12.6. The number of nitrogens with one attached hydrogen (secondary N) is 2. The predicted octanol–water partition coefficient (Wildman–Crippen LogP) is 4.03. The Bertz CT molecular complexity index is 1310. The lowest BCUT2D eigenvalue weighted by molar-refractivity contribution is -0.138. The van der Waals surface area contributed by atoms with E-state index in [1.54, 1.807) is 0 Å². The first kappa shape index (κ1) is 27.1. The molecule has 1 fully saturated rings. The number of hydrogen-bond acceptors (Lipinski definition) is 8. The molecule has 3 aromatic rings. The Labute approximate surface area is 226 Å². The average Bonchev–Trinajstić information content (AvgIpc) is 2.93. The summed E-state index contributed by atoms with van der Waals surface area (Å²) in [5.74, 6) is -1.98. The zero-order chi connectivity index (χ0) is 27.2. The fourth-order valence-corrected chi connectivity index (χ4v) is 5.29. The number of pyridine rings is 1. The second-order valence-electron chi connectivity index (χ2n) is 10.2. The van der Waals surface area contributed by atoms with Crippen molar-refractivity contribution in [2.75, 3.05) is 43.4 Å². The molecule has 0 radical (unpaired) electrons. The van der Waals surface area contributed by atoms with Crippen LogP contribution in [0.15, 0.2) is 30.6 Å². The van der Waals surface area contributed by atoms with E-state index >= 15 is 0 Å². The van der Waals surface area contributed by atoms with Gasteiger partial charge in [0.2, 0.25) is 0 Å². The molecule has 1 aromatic carbocycles. The zero-order valence-corrected chi connectivity index (χ0v) is 21.8. The van der Waals surface area contributed by atoms with Crippen molar-refractivity contribution in [1.29, 1.82) is 0 Å². The standard InChI is InChI=1S/C28H34F2N6O3/c29-22-14-21-25(15-23(22)30)32-17-33-27(21)35-24(28(37)38)9-13-39-20-6-3-12-36(16-20)11-2-5-19-8-7-18-4-1-10-31-26(18)34-19/h7-8,14-15,17,20,24H,1-6,9-13,16H2,(H,31,34)(H,37,38)(H,32,33,35)/t20-,24-/m1/s1. The largest absolute Gasteiger partial charge is 0.480 e. The van der Waals surface area contributed by atoms with Gasteiger partial charge < -0.3 is 25.4 Å². The average molecular weight is 541 g/mol. The van der Waals surface area contributed by atoms with Crippen LogP contribution in [0.3, 0.4) is 0 Å². The lowest BCUT2D eigenvalue weighted by Gasteiger charge is -2.32. The molecule has 2 aromatic heterocycles. The molecular weight excluding hydrogens is 506 g/mol. The van der Waals surface area contributed by atoms with Crippen molar-refractivity contribution < 1.29 is 23.4 Å². The number of carboxylic acids is 1. The number of likely N-dealkylation sites (tertiary alicyclic amines) is 1. The van der Waals surface area contributed by atoms with E-state index in [0.717, 1.165) is 88.3 Å². The third-order valence-electron chi connectivity index (χ3n) is 7.37. The molecule has 0 aliphatic carbocycles. The van der Waals surface area contributed by atoms with Gasteiger partial charge in [0, 0.05) is 43.3 Å². The van der Waals surface area contributed by atoms with Crippen LogP contribution < -0.4 is 10.6 Å². The number of aliphatic carboxylic acids is 1. The second-order valence-corrected chi connectivity index (χ2v) is 10.2. The topological polar surface area (TPSA) is 112 Å². The number of halogens is 2. The zero-order valence-electron chi connectivity index (χ0n) is 21.8. The number of piperidine rings is 1. The summed E-state index contributed by atoms with van der Waals surface area (Å²) in [4.78, 5) is 27.1. The molecule has 5 rings (SSSR count). The van der Waals surface area contributed by atoms with Gasteiger partial charge in [0.1, 0.15) is 24.0 Å². The first-order valence-corrected chi connectivity index (χ1v) is 13.6. The number of aromatic nitrogens is 3. The normalized spacial score (nSPS) is 18.4. The number of fused-ring (bicyclic) bond motifs is 2. The minimum absolute atomic E-state index is 0.0382. The molecule has 0 bridgehead atoms. The minimum atomic E-state index is -1.08. The van der Waals surface area contributed by atoms with Gasteiger partial charge in [0.15, 0.2) is 11.6 Å². The molecule has 9 nitrogen and oxygen atoms in total. The highest BCUT2D eigenvalue weighted by atomic mass is 19.2. The van der Waals surface area contributed by atoms with Gasteiger partial charge in [-0.1, -0.05) is 6.07 Å². The molecule has 2 aliphatic rings. The summed E-state index contributed by atoms with van der Waals surface area (Å²) in [7, 11) is 0. The summed E-state index contributed by atoms with van der Waals surface area (Å²) in [6.45, 7) is 4.03. The van der Waals surface area contributed by atoms with Gasteiger partial charge in [-0.2, -0.15) is 0 Å². The maximum atomic E-state index is 13.8. The Hall–Kier alpha value is -3.44. The van der Waals surface area contributed by atoms with Crippen LogP contribution in [0.5, 0.6) is 0 Å². The van der Waals surface area contributed by atoms with Crippen LogP contribution in [0, 0.1) is 11.6 Å². The van der Waals surface area contributed by atoms with Crippen molar-refractivity contribution in [3.8, 4) is 0 Å². The summed E-state index contributed by atoms with van der Waals surface area (Å²) in [6, 6.07) is 5.26. The number of hydrogen-bond donors (Lipinski definition) is 3. The van der Waals surface area contributed by atoms with Crippen LogP contribution in [-0.4, -0.2) is 75.9 Å². The fourth-order valence-electron chi connectivity index (χ4n) is 5.29. The number of anilines is 2. The molecule has 2 atom stereocenters. The van der Waals surface area contributed by atoms with Crippen molar-refractivity contribution in [1.82, 2.24) is 19.9 Å². The van der Waals surface area contributed by atoms with E-state index in [1.807, 2.05) is 0 Å². The molecule has 208 valence electrons. The monoisotopic (exact) mass is 540 g/mol. The molecule has 2 aliphatic heterocycles. The molecule has 3 N–H and O–H groups in total. The lowest BCUT2D eigenvalue weighted by atomic mass is 10.1. The number of nitrogens with zero attached hydrogens (tertiary/aromatic N) is 4. The first-order chi connectivity index (χ1) is 19.0. The number of carbonyl (C=O) groups is 1. The third-order valence-corrected chi connectivity index (χ3v) is 7.37. The number of aryl methyl sites for hydroxylation is 2. The van der Waals surface area contributed by atoms with E-state index in [4.69, 9.17) is 9.72 Å². The van der Waals surface area contributed by atoms with E-state index in [2.05, 4.69) is 37.6 Å². The summed E-state index contributed by atoms with van der Waals surface area (Å²) in [5.41, 5.74) is 2.61. The highest BCUT2D eigenvalue weighted by Crippen LogP contribution is 2.24. The van der Waals surface area contributed by atoms with Gasteiger partial charge in [-0.3, -0.25) is 0 Å². The van der Waals surface area contributed by atoms with E-state index in [1.165, 1.54) is 11.9 Å². The first-order valence-electron chi connectivity index (χ1n) is 13.6. The molecule has 1 saturated heterocycles. The Morgan fingerprint density at radius 3 is 2.97 bits per heavy atom. The van der Waals surface area contributed by atoms with Gasteiger partial charge in [-0.05, 0) is 69.3 Å². The Kier molecular flexibility index (Phi) is 8.77. The van der Waals surface area contributed by atoms with E-state index in [0.29, 0.717) is 0 Å². The Morgan fingerprint density at radius 1 is 1.23 bits per heavy atom. The fraction of sp³-hybridized carbons (Fsp3) is 0.500. The summed E-state index contributed by atoms with van der Waals surface area (Å²) in [5, 5.41) is 16.2. The van der Waals surface area contributed by atoms with E-state index < -0.39 is 23.6 Å². The number of benzene rings is 1. The van der Waals surface area contributed by atoms with Crippen LogP contribution in [0.25, 0.3) is 10.9 Å². The van der Waals surface area contributed by atoms with Gasteiger partial charge in [0.25, 0.3) is 0 Å². The maximum Gasteiger partial charge on any atom is 0.326 e. The van der Waals surface area contributed by atoms with Crippen molar-refractivity contribution in [3.05, 3.63) is 53.5 Å². The predicted molar refractivity (Wildman–Crippen MR) is 144 cm³/mol. The van der Waals surface area contributed by atoms with Gasteiger partial charge in [-0.15, -0.1) is 0 Å². The molecule has 11 heteroatoms. The number of rotatable bonds is 11. The van der Waals surface area contributed by atoms with Gasteiger partial charge in [0.05, 0.1) is 11.6 Å². The van der Waals surface area contributed by atoms with Gasteiger partial charge >= 0.3 is 5.97 Å². The van der Waals surface area contributed by atoms with Crippen LogP contribution in [-0.2, 0) is 22.4 Å². The highest BCUT2D eigenvalue weighted by molar-refractivity contribution is 5.90. The Balaban J connectivity index is 1.08. The van der Waals surface area contributed by atoms with Crippen LogP contribution in [0.1, 0.15) is 43.4 Å². The van der Waals surface area contributed by atoms with E-state index in [9.17, 15) is 18.7 Å². The quantitative estimate of drug-likeness (QED) is 0.332. The molecule has 0 saturated carbocycles. The molecule has 0 spiro atoms. The third kappa shape index (κ3) is 6.96. The van der Waals surface area contributed by atoms with Crippen molar-refractivity contribution in [2.24, 2.45) is 0 Å². The maximum absolute atomic E-state index is 13.8. The molecule has 39 heavy (non-hydrogen) atoms. The van der Waals surface area contributed by atoms with Crippen molar-refractivity contribution in [2.45, 2.75) is 57.1 Å². The summed E-state index contributed by atoms with van der Waals surface area (Å²) >= 11 is 0. The van der Waals surface area contributed by atoms with Crippen LogP contribution in [0.2, 0.25) is 0 Å². The Morgan fingerprint density at radius 2 is 2.10 bits per heavy atom. The molecule has 0 amide bonds. The minimum Gasteiger partial charge on any atom is -0.480 e. The van der Waals surface area contributed by atoms with Crippen molar-refractivity contribution in [3.63, 3.8) is 0 Å². The SMILES string of the molecule is O=C(O)[C@@H](CCO[C@@H]1CCCN(CCCc2ccc3c(n2)NCCC3)C1)Nc1ncnc2cc(F)c(F)cc12. The van der Waals surface area contributed by atoms with Gasteiger partial charge in [-0.25, -0.2) is 28.5 Å². The lowest BCUT2D eigenvalue weighted by Crippen LogP contribution is -2.41.